The predicted molar refractivity (Wildman–Crippen MR) is 80.8 cm³/mol. The van der Waals surface area contributed by atoms with Gasteiger partial charge < -0.3 is 4.74 Å². The number of carbonyl (C=O) groups is 1. The number of aryl methyl sites for hydroxylation is 1. The van der Waals surface area contributed by atoms with E-state index in [0.717, 1.165) is 55.3 Å². The van der Waals surface area contributed by atoms with Crippen molar-refractivity contribution in [2.75, 3.05) is 39.8 Å². The SMILES string of the molecule is COc1c(C)cnc(CC(=O)C2CN3CCN2CC3)c1C. The van der Waals surface area contributed by atoms with E-state index >= 15 is 0 Å². The van der Waals surface area contributed by atoms with Crippen molar-refractivity contribution >= 4 is 5.78 Å². The van der Waals surface area contributed by atoms with E-state index in [2.05, 4.69) is 14.8 Å². The number of pyridine rings is 1. The molecule has 1 atom stereocenters. The summed E-state index contributed by atoms with van der Waals surface area (Å²) < 4.78 is 5.42. The molecule has 0 aliphatic carbocycles. The van der Waals surface area contributed by atoms with E-state index in [4.69, 9.17) is 4.74 Å². The van der Waals surface area contributed by atoms with Crippen molar-refractivity contribution in [2.24, 2.45) is 0 Å². The fourth-order valence-corrected chi connectivity index (χ4v) is 3.46. The summed E-state index contributed by atoms with van der Waals surface area (Å²) in [6.07, 6.45) is 2.20. The third kappa shape index (κ3) is 2.68. The smallest absolute Gasteiger partial charge is 0.157 e. The van der Waals surface area contributed by atoms with Gasteiger partial charge in [-0.3, -0.25) is 19.6 Å². The second-order valence-corrected chi connectivity index (χ2v) is 6.04. The van der Waals surface area contributed by atoms with Gasteiger partial charge in [0.25, 0.3) is 0 Å². The van der Waals surface area contributed by atoms with Crippen LogP contribution in [0.15, 0.2) is 6.20 Å². The van der Waals surface area contributed by atoms with E-state index in [0.29, 0.717) is 6.42 Å². The number of aromatic nitrogens is 1. The Morgan fingerprint density at radius 2 is 2.05 bits per heavy atom. The van der Waals surface area contributed by atoms with E-state index in [9.17, 15) is 4.79 Å². The number of hydrogen-bond acceptors (Lipinski definition) is 5. The Morgan fingerprint density at radius 1 is 1.33 bits per heavy atom. The summed E-state index contributed by atoms with van der Waals surface area (Å²) in [5.41, 5.74) is 2.85. The summed E-state index contributed by atoms with van der Waals surface area (Å²) >= 11 is 0. The van der Waals surface area contributed by atoms with Crippen LogP contribution in [0.3, 0.4) is 0 Å². The third-order valence-electron chi connectivity index (χ3n) is 4.74. The zero-order valence-corrected chi connectivity index (χ0v) is 13.1. The summed E-state index contributed by atoms with van der Waals surface area (Å²) in [5.74, 6) is 1.13. The molecule has 0 radical (unpaired) electrons. The lowest BCUT2D eigenvalue weighted by molar-refractivity contribution is -0.128. The van der Waals surface area contributed by atoms with Gasteiger partial charge in [0.2, 0.25) is 0 Å². The molecule has 0 saturated carbocycles. The van der Waals surface area contributed by atoms with E-state index in [1.54, 1.807) is 13.3 Å². The topological polar surface area (TPSA) is 45.7 Å². The molecule has 4 heterocycles. The predicted octanol–water partition coefficient (Wildman–Crippen LogP) is 0.818. The Bertz CT molecular complexity index is 551. The fourth-order valence-electron chi connectivity index (χ4n) is 3.46. The third-order valence-corrected chi connectivity index (χ3v) is 4.74. The number of nitrogens with zero attached hydrogens (tertiary/aromatic N) is 3. The molecule has 3 fully saturated rings. The lowest BCUT2D eigenvalue weighted by Crippen LogP contribution is -2.63. The van der Waals surface area contributed by atoms with Crippen LogP contribution in [0, 0.1) is 13.8 Å². The molecule has 1 unspecified atom stereocenters. The van der Waals surface area contributed by atoms with Crippen LogP contribution in [-0.4, -0.2) is 66.4 Å². The Kier molecular flexibility index (Phi) is 3.95. The van der Waals surface area contributed by atoms with Crippen LogP contribution in [0.5, 0.6) is 5.75 Å². The lowest BCUT2D eigenvalue weighted by atomic mass is 9.98. The molecule has 0 aromatic carbocycles. The van der Waals surface area contributed by atoms with Crippen LogP contribution in [0.2, 0.25) is 0 Å². The van der Waals surface area contributed by atoms with Gasteiger partial charge in [0.1, 0.15) is 5.75 Å². The Balaban J connectivity index is 1.76. The van der Waals surface area contributed by atoms with Gasteiger partial charge in [-0.15, -0.1) is 0 Å². The molecular formula is C16H23N3O2. The first-order valence-corrected chi connectivity index (χ1v) is 7.58. The van der Waals surface area contributed by atoms with Crippen molar-refractivity contribution in [1.82, 2.24) is 14.8 Å². The van der Waals surface area contributed by atoms with E-state index in [1.807, 2.05) is 13.8 Å². The van der Waals surface area contributed by atoms with Crippen molar-refractivity contribution in [3.63, 3.8) is 0 Å². The molecule has 1 aromatic rings. The molecule has 3 aliphatic rings. The molecular weight excluding hydrogens is 266 g/mol. The Morgan fingerprint density at radius 3 is 2.62 bits per heavy atom. The molecule has 3 saturated heterocycles. The second-order valence-electron chi connectivity index (χ2n) is 6.04. The molecule has 2 bridgehead atoms. The van der Waals surface area contributed by atoms with Gasteiger partial charge in [-0.1, -0.05) is 0 Å². The number of hydrogen-bond donors (Lipinski definition) is 0. The van der Waals surface area contributed by atoms with E-state index in [1.165, 1.54) is 0 Å². The van der Waals surface area contributed by atoms with Gasteiger partial charge in [-0.25, -0.2) is 0 Å². The lowest BCUT2D eigenvalue weighted by Gasteiger charge is -2.46. The Hall–Kier alpha value is -1.46. The molecule has 5 heteroatoms. The molecule has 0 spiro atoms. The van der Waals surface area contributed by atoms with E-state index in [-0.39, 0.29) is 11.8 Å². The normalized spacial score (nSPS) is 27.7. The molecule has 4 rings (SSSR count). The maximum Gasteiger partial charge on any atom is 0.157 e. The molecule has 0 amide bonds. The molecule has 1 aromatic heterocycles. The summed E-state index contributed by atoms with van der Waals surface area (Å²) in [6.45, 7) is 9.06. The quantitative estimate of drug-likeness (QED) is 0.821. The Labute approximate surface area is 125 Å². The second kappa shape index (κ2) is 5.73. The highest BCUT2D eigenvalue weighted by Crippen LogP contribution is 2.25. The van der Waals surface area contributed by atoms with Crippen molar-refractivity contribution < 1.29 is 9.53 Å². The number of fused-ring (bicyclic) bond motifs is 3. The number of methoxy groups -OCH3 is 1. The maximum absolute atomic E-state index is 12.6. The molecule has 21 heavy (non-hydrogen) atoms. The minimum atomic E-state index is 0.0426. The van der Waals surface area contributed by atoms with Crippen LogP contribution in [0.25, 0.3) is 0 Å². The minimum absolute atomic E-state index is 0.0426. The van der Waals surface area contributed by atoms with Crippen molar-refractivity contribution in [3.05, 3.63) is 23.0 Å². The van der Waals surface area contributed by atoms with Gasteiger partial charge in [0.05, 0.1) is 25.3 Å². The summed E-state index contributed by atoms with van der Waals surface area (Å²) in [6, 6.07) is 0.0426. The van der Waals surface area contributed by atoms with Crippen LogP contribution in [0.1, 0.15) is 16.8 Å². The average Bonchev–Trinajstić information content (AvgIpc) is 2.51. The highest BCUT2D eigenvalue weighted by molar-refractivity contribution is 5.86. The number of ketones is 1. The van der Waals surface area contributed by atoms with Gasteiger partial charge in [0.15, 0.2) is 5.78 Å². The maximum atomic E-state index is 12.6. The number of rotatable bonds is 4. The minimum Gasteiger partial charge on any atom is -0.496 e. The van der Waals surface area contributed by atoms with Crippen molar-refractivity contribution in [1.29, 1.82) is 0 Å². The highest BCUT2D eigenvalue weighted by atomic mass is 16.5. The molecule has 3 aliphatic heterocycles. The average molecular weight is 289 g/mol. The van der Waals surface area contributed by atoms with Crippen molar-refractivity contribution in [2.45, 2.75) is 26.3 Å². The van der Waals surface area contributed by atoms with Gasteiger partial charge in [-0.05, 0) is 13.8 Å². The number of carbonyl (C=O) groups excluding carboxylic acids is 1. The number of Topliss-reactive ketones (excluding diaryl/α,β-unsaturated/α-hetero) is 1. The van der Waals surface area contributed by atoms with Crippen molar-refractivity contribution in [3.8, 4) is 5.75 Å². The fraction of sp³-hybridized carbons (Fsp3) is 0.625. The molecule has 5 nitrogen and oxygen atoms in total. The van der Waals surface area contributed by atoms with E-state index < -0.39 is 0 Å². The van der Waals surface area contributed by atoms with Crippen LogP contribution >= 0.6 is 0 Å². The summed E-state index contributed by atoms with van der Waals surface area (Å²) in [5, 5.41) is 0. The first kappa shape index (κ1) is 14.5. The largest absolute Gasteiger partial charge is 0.496 e. The van der Waals surface area contributed by atoms with Crippen LogP contribution in [0.4, 0.5) is 0 Å². The van der Waals surface area contributed by atoms with Crippen LogP contribution in [-0.2, 0) is 11.2 Å². The molecule has 114 valence electrons. The first-order valence-electron chi connectivity index (χ1n) is 7.58. The van der Waals surface area contributed by atoms with Gasteiger partial charge in [0, 0.05) is 50.0 Å². The van der Waals surface area contributed by atoms with Gasteiger partial charge in [-0.2, -0.15) is 0 Å². The van der Waals surface area contributed by atoms with Gasteiger partial charge >= 0.3 is 0 Å². The zero-order chi connectivity index (χ0) is 15.0. The number of ether oxygens (including phenoxy) is 1. The highest BCUT2D eigenvalue weighted by Gasteiger charge is 2.36. The monoisotopic (exact) mass is 289 g/mol. The molecule has 0 N–H and O–H groups in total. The number of piperazine rings is 3. The summed E-state index contributed by atoms with van der Waals surface area (Å²) in [4.78, 5) is 21.8. The first-order chi connectivity index (χ1) is 10.1. The zero-order valence-electron chi connectivity index (χ0n) is 13.1. The van der Waals surface area contributed by atoms with Crippen LogP contribution < -0.4 is 4.74 Å². The standard InChI is InChI=1S/C16H23N3O2/c1-11-9-17-13(12(2)16(11)21-3)8-15(20)14-10-18-4-6-19(14)7-5-18/h9,14H,4-8,10H2,1-3H3. The summed E-state index contributed by atoms with van der Waals surface area (Å²) in [7, 11) is 1.67.